The van der Waals surface area contributed by atoms with Crippen molar-refractivity contribution in [3.8, 4) is 5.75 Å². The monoisotopic (exact) mass is 566 g/mol. The minimum atomic E-state index is -4.26. The Balaban J connectivity index is 1.55. The molecule has 0 unspecified atom stereocenters. The highest BCUT2D eigenvalue weighted by Gasteiger charge is 2.51. The largest absolute Gasteiger partial charge is 0.497 e. The maximum Gasteiger partial charge on any atom is 0.294 e. The number of rotatable bonds is 11. The fourth-order valence-electron chi connectivity index (χ4n) is 4.98. The lowest BCUT2D eigenvalue weighted by atomic mass is 9.87. The third kappa shape index (κ3) is 6.36. The van der Waals surface area contributed by atoms with Gasteiger partial charge in [0, 0.05) is 12.6 Å². The number of nitro benzene ring substituents is 1. The van der Waals surface area contributed by atoms with Crippen LogP contribution < -0.4 is 20.1 Å². The van der Waals surface area contributed by atoms with Gasteiger partial charge in [0.2, 0.25) is 15.9 Å². The first-order valence-electron chi connectivity index (χ1n) is 13.2. The molecule has 4 rings (SSSR count). The van der Waals surface area contributed by atoms with Crippen LogP contribution in [0.3, 0.4) is 0 Å². The van der Waals surface area contributed by atoms with E-state index in [1.807, 2.05) is 49.4 Å². The van der Waals surface area contributed by atoms with Crippen molar-refractivity contribution in [1.29, 1.82) is 0 Å². The molecule has 1 fully saturated rings. The SMILES string of the molecule is COc1ccc(CNc2ccc(NS(=O)(=O)C3(C(=O)N[C@H](C)c4ccccc4)CCCCC3)cc2[N+](=O)[O-])cc1. The van der Waals surface area contributed by atoms with E-state index in [1.165, 1.54) is 18.2 Å². The summed E-state index contributed by atoms with van der Waals surface area (Å²) < 4.78 is 33.6. The highest BCUT2D eigenvalue weighted by Crippen LogP contribution is 2.38. The Morgan fingerprint density at radius 2 is 1.70 bits per heavy atom. The summed E-state index contributed by atoms with van der Waals surface area (Å²) in [6, 6.07) is 20.3. The van der Waals surface area contributed by atoms with Gasteiger partial charge in [0.1, 0.15) is 11.4 Å². The van der Waals surface area contributed by atoms with E-state index in [1.54, 1.807) is 19.2 Å². The van der Waals surface area contributed by atoms with Crippen LogP contribution in [-0.2, 0) is 21.4 Å². The molecule has 0 aliphatic heterocycles. The summed E-state index contributed by atoms with van der Waals surface area (Å²) in [7, 11) is -2.69. The van der Waals surface area contributed by atoms with Crippen LogP contribution in [0.4, 0.5) is 17.1 Å². The smallest absolute Gasteiger partial charge is 0.294 e. The van der Waals surface area contributed by atoms with Gasteiger partial charge in [0.05, 0.1) is 23.8 Å². The van der Waals surface area contributed by atoms with Crippen molar-refractivity contribution in [1.82, 2.24) is 5.32 Å². The van der Waals surface area contributed by atoms with Crippen LogP contribution in [0.1, 0.15) is 56.2 Å². The van der Waals surface area contributed by atoms with E-state index in [9.17, 15) is 23.3 Å². The van der Waals surface area contributed by atoms with Crippen LogP contribution in [0.2, 0.25) is 0 Å². The number of benzene rings is 3. The summed E-state index contributed by atoms with van der Waals surface area (Å²) in [6.45, 7) is 2.13. The van der Waals surface area contributed by atoms with Crippen molar-refractivity contribution in [2.75, 3.05) is 17.1 Å². The molecule has 1 aliphatic rings. The van der Waals surface area contributed by atoms with Crippen molar-refractivity contribution in [3.63, 3.8) is 0 Å². The minimum Gasteiger partial charge on any atom is -0.497 e. The van der Waals surface area contributed by atoms with Crippen molar-refractivity contribution < 1.29 is 22.9 Å². The lowest BCUT2D eigenvalue weighted by Gasteiger charge is -2.36. The zero-order chi connectivity index (χ0) is 28.8. The third-order valence-electron chi connectivity index (χ3n) is 7.33. The van der Waals surface area contributed by atoms with E-state index in [-0.39, 0.29) is 35.9 Å². The maximum atomic E-state index is 13.8. The number of ether oxygens (including phenoxy) is 1. The maximum absolute atomic E-state index is 13.8. The van der Waals surface area contributed by atoms with Gasteiger partial charge in [-0.05, 0) is 55.2 Å². The van der Waals surface area contributed by atoms with Crippen molar-refractivity contribution in [2.45, 2.75) is 56.4 Å². The lowest BCUT2D eigenvalue weighted by molar-refractivity contribution is -0.383. The Bertz CT molecular complexity index is 1440. The molecule has 1 atom stereocenters. The first-order chi connectivity index (χ1) is 19.1. The molecule has 1 aliphatic carbocycles. The van der Waals surface area contributed by atoms with Gasteiger partial charge in [-0.15, -0.1) is 0 Å². The number of nitro groups is 1. The van der Waals surface area contributed by atoms with Crippen LogP contribution in [0.25, 0.3) is 0 Å². The second-order valence-corrected chi connectivity index (χ2v) is 11.9. The number of amides is 1. The molecule has 0 radical (unpaired) electrons. The summed E-state index contributed by atoms with van der Waals surface area (Å²) >= 11 is 0. The molecule has 11 heteroatoms. The normalized spacial score (nSPS) is 15.4. The number of sulfonamides is 1. The average molecular weight is 567 g/mol. The Morgan fingerprint density at radius 1 is 1.02 bits per heavy atom. The first kappa shape index (κ1) is 28.9. The molecular weight excluding hydrogens is 532 g/mol. The zero-order valence-electron chi connectivity index (χ0n) is 22.6. The molecule has 0 aromatic heterocycles. The van der Waals surface area contributed by atoms with E-state index < -0.39 is 25.6 Å². The van der Waals surface area contributed by atoms with Crippen LogP contribution in [0.5, 0.6) is 5.75 Å². The van der Waals surface area contributed by atoms with E-state index in [4.69, 9.17) is 4.74 Å². The average Bonchev–Trinajstić information content (AvgIpc) is 2.97. The Hall–Kier alpha value is -4.12. The highest BCUT2D eigenvalue weighted by atomic mass is 32.2. The second-order valence-electron chi connectivity index (χ2n) is 9.96. The molecular formula is C29H34N4O6S. The number of hydrogen-bond donors (Lipinski definition) is 3. The molecule has 1 saturated carbocycles. The van der Waals surface area contributed by atoms with Gasteiger partial charge in [-0.2, -0.15) is 0 Å². The molecule has 0 heterocycles. The zero-order valence-corrected chi connectivity index (χ0v) is 23.4. The quantitative estimate of drug-likeness (QED) is 0.205. The highest BCUT2D eigenvalue weighted by molar-refractivity contribution is 7.94. The summed E-state index contributed by atoms with van der Waals surface area (Å²) in [4.78, 5) is 24.9. The van der Waals surface area contributed by atoms with Gasteiger partial charge < -0.3 is 15.4 Å². The predicted octanol–water partition coefficient (Wildman–Crippen LogP) is 5.54. The summed E-state index contributed by atoms with van der Waals surface area (Å²) in [5.74, 6) is 0.133. The predicted molar refractivity (Wildman–Crippen MR) is 155 cm³/mol. The number of carbonyl (C=O) groups is 1. The fraction of sp³-hybridized carbons (Fsp3) is 0.345. The molecule has 0 saturated heterocycles. The number of nitrogens with one attached hydrogen (secondary N) is 3. The van der Waals surface area contributed by atoms with Gasteiger partial charge in [-0.25, -0.2) is 8.42 Å². The molecule has 3 aromatic carbocycles. The molecule has 0 bridgehead atoms. The number of nitrogens with zero attached hydrogens (tertiary/aromatic N) is 1. The van der Waals surface area contributed by atoms with Gasteiger partial charge in [0.25, 0.3) is 5.69 Å². The van der Waals surface area contributed by atoms with Gasteiger partial charge in [-0.1, -0.05) is 61.7 Å². The number of methoxy groups -OCH3 is 1. The number of anilines is 2. The number of hydrogen-bond acceptors (Lipinski definition) is 7. The molecule has 1 amide bonds. The van der Waals surface area contributed by atoms with Crippen molar-refractivity contribution >= 4 is 33.0 Å². The standard InChI is InChI=1S/C29H34N4O6S/c1-21(23-9-5-3-6-10-23)31-28(34)29(17-7-4-8-18-29)40(37,38)32-24-13-16-26(27(19-24)33(35)36)30-20-22-11-14-25(39-2)15-12-22/h3,5-6,9-16,19,21,30,32H,4,7-8,17-18,20H2,1-2H3,(H,31,34)/t21-/m1/s1. The Labute approximate surface area is 234 Å². The summed E-state index contributed by atoms with van der Waals surface area (Å²) in [6.07, 6.45) is 2.34. The van der Waals surface area contributed by atoms with Gasteiger partial charge in [0.15, 0.2) is 4.75 Å². The molecule has 10 nitrogen and oxygen atoms in total. The van der Waals surface area contributed by atoms with E-state index in [0.717, 1.165) is 17.5 Å². The molecule has 212 valence electrons. The van der Waals surface area contributed by atoms with Crippen LogP contribution in [0.15, 0.2) is 72.8 Å². The topological polar surface area (TPSA) is 140 Å². The third-order valence-corrected chi connectivity index (χ3v) is 9.45. The van der Waals surface area contributed by atoms with Crippen LogP contribution in [0, 0.1) is 10.1 Å². The lowest BCUT2D eigenvalue weighted by Crippen LogP contribution is -2.56. The Morgan fingerprint density at radius 3 is 2.33 bits per heavy atom. The molecule has 3 N–H and O–H groups in total. The second kappa shape index (κ2) is 12.4. The molecule has 40 heavy (non-hydrogen) atoms. The fourth-order valence-corrected chi connectivity index (χ4v) is 6.74. The van der Waals surface area contributed by atoms with Gasteiger partial charge in [-0.3, -0.25) is 19.6 Å². The van der Waals surface area contributed by atoms with Crippen molar-refractivity contribution in [3.05, 3.63) is 94.0 Å². The van der Waals surface area contributed by atoms with Gasteiger partial charge >= 0.3 is 0 Å². The number of carbonyl (C=O) groups excluding carboxylic acids is 1. The van der Waals surface area contributed by atoms with E-state index in [0.29, 0.717) is 25.1 Å². The minimum absolute atomic E-state index is 0.0237. The van der Waals surface area contributed by atoms with Crippen LogP contribution >= 0.6 is 0 Å². The van der Waals surface area contributed by atoms with E-state index >= 15 is 0 Å². The summed E-state index contributed by atoms with van der Waals surface area (Å²) in [5.41, 5.74) is 1.73. The Kier molecular flexibility index (Phi) is 8.93. The molecule has 3 aromatic rings. The van der Waals surface area contributed by atoms with E-state index in [2.05, 4.69) is 15.4 Å². The van der Waals surface area contributed by atoms with Crippen LogP contribution in [-0.4, -0.2) is 31.1 Å². The first-order valence-corrected chi connectivity index (χ1v) is 14.7. The summed E-state index contributed by atoms with van der Waals surface area (Å²) in [5, 5.41) is 17.8. The van der Waals surface area contributed by atoms with Crippen molar-refractivity contribution in [2.24, 2.45) is 0 Å². The molecule has 0 spiro atoms.